The van der Waals surface area contributed by atoms with Gasteiger partial charge in [-0.15, -0.1) is 0 Å². The Morgan fingerprint density at radius 2 is 2.33 bits per heavy atom. The summed E-state index contributed by atoms with van der Waals surface area (Å²) in [6, 6.07) is 1.87. The molecule has 0 fully saturated rings. The second-order valence-electron chi connectivity index (χ2n) is 2.64. The van der Waals surface area contributed by atoms with Gasteiger partial charge in [0.05, 0.1) is 5.35 Å². The van der Waals surface area contributed by atoms with Crippen molar-refractivity contribution in [2.24, 2.45) is 0 Å². The monoisotopic (exact) mass is 163 g/mol. The molecule has 1 aromatic heterocycles. The van der Waals surface area contributed by atoms with Crippen molar-refractivity contribution in [3.8, 4) is 0 Å². The summed E-state index contributed by atoms with van der Waals surface area (Å²) < 4.78 is 1.11. The van der Waals surface area contributed by atoms with E-state index in [0.717, 1.165) is 20.9 Å². The Hall–Kier alpha value is -1.44. The summed E-state index contributed by atoms with van der Waals surface area (Å²) in [6.45, 7) is 7.54. The average molecular weight is 163 g/mol. The van der Waals surface area contributed by atoms with Gasteiger partial charge < -0.3 is 5.21 Å². The first-order valence-electron chi connectivity index (χ1n) is 3.87. The molecule has 0 unspecified atom stereocenters. The van der Waals surface area contributed by atoms with E-state index in [1.807, 2.05) is 26.0 Å². The molecule has 1 heterocycles. The molecule has 0 spiro atoms. The Morgan fingerprint density at radius 1 is 1.67 bits per heavy atom. The van der Waals surface area contributed by atoms with Gasteiger partial charge in [-0.1, -0.05) is 18.7 Å². The van der Waals surface area contributed by atoms with E-state index in [2.05, 4.69) is 6.58 Å². The molecule has 0 bridgehead atoms. The largest absolute Gasteiger partial charge is 0.428 e. The molecule has 0 aliphatic rings. The Kier molecular flexibility index (Phi) is 2.38. The Balaban J connectivity index is 3.67. The molecule has 1 aromatic rings. The molecule has 1 rings (SSSR count). The third kappa shape index (κ3) is 1.28. The van der Waals surface area contributed by atoms with E-state index in [1.54, 1.807) is 12.3 Å². The number of allylic oxidation sites excluding steroid dienone is 1. The summed E-state index contributed by atoms with van der Waals surface area (Å²) >= 11 is 0. The van der Waals surface area contributed by atoms with E-state index in [-0.39, 0.29) is 0 Å². The average Bonchev–Trinajstić information content (AvgIpc) is 2.45. The maximum atomic E-state index is 9.31. The molecule has 12 heavy (non-hydrogen) atoms. The van der Waals surface area contributed by atoms with Gasteiger partial charge in [0.2, 0.25) is 0 Å². The van der Waals surface area contributed by atoms with Crippen molar-refractivity contribution < 1.29 is 5.21 Å². The zero-order valence-electron chi connectivity index (χ0n) is 7.41. The van der Waals surface area contributed by atoms with Crippen LogP contribution in [0, 0.1) is 0 Å². The highest BCUT2D eigenvalue weighted by Gasteiger charge is 1.93. The van der Waals surface area contributed by atoms with E-state index in [9.17, 15) is 5.21 Å². The highest BCUT2D eigenvalue weighted by Crippen LogP contribution is 1.87. The molecule has 64 valence electrons. The molecule has 0 atom stereocenters. The fourth-order valence-corrected chi connectivity index (χ4v) is 1.17. The van der Waals surface area contributed by atoms with Gasteiger partial charge in [0.25, 0.3) is 0 Å². The number of nitrogens with zero attached hydrogens (tertiary/aromatic N) is 1. The van der Waals surface area contributed by atoms with Crippen molar-refractivity contribution in [3.05, 3.63) is 35.5 Å². The van der Waals surface area contributed by atoms with Crippen molar-refractivity contribution in [2.45, 2.75) is 13.8 Å². The number of rotatable bonds is 1. The second-order valence-corrected chi connectivity index (χ2v) is 2.64. The summed E-state index contributed by atoms with van der Waals surface area (Å²) in [5, 5.41) is 11.1. The molecule has 2 nitrogen and oxygen atoms in total. The van der Waals surface area contributed by atoms with E-state index < -0.39 is 0 Å². The first-order chi connectivity index (χ1) is 5.70. The second kappa shape index (κ2) is 3.30. The first kappa shape index (κ1) is 8.65. The van der Waals surface area contributed by atoms with E-state index in [4.69, 9.17) is 0 Å². The fraction of sp³-hybridized carbons (Fsp3) is 0.200. The molecule has 0 aliphatic heterocycles. The molecule has 0 amide bonds. The number of hydrogen-bond acceptors (Lipinski definition) is 1. The SMILES string of the molecule is C=C/C(C)=c1/ccn(O)/c1=C/C. The van der Waals surface area contributed by atoms with Gasteiger partial charge in [-0.3, -0.25) is 0 Å². The van der Waals surface area contributed by atoms with Gasteiger partial charge in [0, 0.05) is 11.4 Å². The third-order valence-electron chi connectivity index (χ3n) is 1.91. The summed E-state index contributed by atoms with van der Waals surface area (Å²) in [4.78, 5) is 0. The smallest absolute Gasteiger partial charge is 0.0825 e. The van der Waals surface area contributed by atoms with Crippen LogP contribution in [-0.4, -0.2) is 9.94 Å². The number of hydrogen-bond donors (Lipinski definition) is 1. The number of aromatic nitrogens is 1. The molecule has 0 saturated heterocycles. The fourth-order valence-electron chi connectivity index (χ4n) is 1.17. The van der Waals surface area contributed by atoms with Crippen LogP contribution < -0.4 is 10.6 Å². The zero-order chi connectivity index (χ0) is 9.14. The van der Waals surface area contributed by atoms with Crippen molar-refractivity contribution >= 4 is 11.6 Å². The van der Waals surface area contributed by atoms with Crippen LogP contribution in [0.15, 0.2) is 24.9 Å². The van der Waals surface area contributed by atoms with Crippen LogP contribution in [0.4, 0.5) is 0 Å². The summed E-state index contributed by atoms with van der Waals surface area (Å²) in [5.41, 5.74) is 1.07. The predicted octanol–water partition coefficient (Wildman–Crippen LogP) is 0.882. The highest BCUT2D eigenvalue weighted by atomic mass is 16.5. The molecule has 0 aliphatic carbocycles. The van der Waals surface area contributed by atoms with Crippen LogP contribution in [0.1, 0.15) is 13.8 Å². The van der Waals surface area contributed by atoms with Crippen molar-refractivity contribution in [1.29, 1.82) is 0 Å². The van der Waals surface area contributed by atoms with Crippen molar-refractivity contribution in [1.82, 2.24) is 4.73 Å². The lowest BCUT2D eigenvalue weighted by molar-refractivity contribution is 0.179. The lowest BCUT2D eigenvalue weighted by atomic mass is 10.2. The molecule has 0 radical (unpaired) electrons. The van der Waals surface area contributed by atoms with E-state index in [0.29, 0.717) is 0 Å². The normalized spacial score (nSPS) is 14.7. The zero-order valence-corrected chi connectivity index (χ0v) is 7.41. The van der Waals surface area contributed by atoms with Crippen LogP contribution >= 0.6 is 0 Å². The molecule has 0 aromatic carbocycles. The molecule has 0 saturated carbocycles. The van der Waals surface area contributed by atoms with E-state index >= 15 is 0 Å². The third-order valence-corrected chi connectivity index (χ3v) is 1.91. The summed E-state index contributed by atoms with van der Waals surface area (Å²) in [6.07, 6.45) is 5.27. The van der Waals surface area contributed by atoms with Crippen LogP contribution in [0.3, 0.4) is 0 Å². The standard InChI is InChI=1S/C10H13NO/c1-4-8(3)9-6-7-11(12)10(9)5-2/h4-7,12H,1H2,2-3H3/b9-8-,10-5+. The Labute approximate surface area is 71.7 Å². The van der Waals surface area contributed by atoms with Crippen LogP contribution in [-0.2, 0) is 0 Å². The Bertz CT molecular complexity index is 398. The van der Waals surface area contributed by atoms with Gasteiger partial charge in [0.1, 0.15) is 0 Å². The minimum Gasteiger partial charge on any atom is -0.428 e. The topological polar surface area (TPSA) is 25.2 Å². The quantitative estimate of drug-likeness (QED) is 0.611. The van der Waals surface area contributed by atoms with Crippen LogP contribution in [0.5, 0.6) is 0 Å². The molecular weight excluding hydrogens is 150 g/mol. The Morgan fingerprint density at radius 3 is 2.83 bits per heavy atom. The molecule has 2 heteroatoms. The van der Waals surface area contributed by atoms with Crippen molar-refractivity contribution in [2.75, 3.05) is 0 Å². The minimum absolute atomic E-state index is 0.812. The molecule has 1 N–H and O–H groups in total. The summed E-state index contributed by atoms with van der Waals surface area (Å²) in [5.74, 6) is 0. The van der Waals surface area contributed by atoms with Crippen LogP contribution in [0.2, 0.25) is 0 Å². The minimum atomic E-state index is 0.812. The molecular formula is C10H13NO. The predicted molar refractivity (Wildman–Crippen MR) is 50.3 cm³/mol. The van der Waals surface area contributed by atoms with Gasteiger partial charge in [-0.25, -0.2) is 0 Å². The first-order valence-corrected chi connectivity index (χ1v) is 3.87. The van der Waals surface area contributed by atoms with Gasteiger partial charge in [-0.2, -0.15) is 4.73 Å². The lowest BCUT2D eigenvalue weighted by Crippen LogP contribution is -2.28. The van der Waals surface area contributed by atoms with Gasteiger partial charge in [-0.05, 0) is 25.5 Å². The maximum absolute atomic E-state index is 9.31. The van der Waals surface area contributed by atoms with Crippen LogP contribution in [0.25, 0.3) is 11.6 Å². The van der Waals surface area contributed by atoms with Gasteiger partial charge >= 0.3 is 0 Å². The van der Waals surface area contributed by atoms with Gasteiger partial charge in [0.15, 0.2) is 0 Å². The summed E-state index contributed by atoms with van der Waals surface area (Å²) in [7, 11) is 0. The van der Waals surface area contributed by atoms with E-state index in [1.165, 1.54) is 0 Å². The van der Waals surface area contributed by atoms with Crippen molar-refractivity contribution in [3.63, 3.8) is 0 Å². The maximum Gasteiger partial charge on any atom is 0.0825 e. The lowest BCUT2D eigenvalue weighted by Gasteiger charge is -1.90. The highest BCUT2D eigenvalue weighted by molar-refractivity contribution is 5.53.